The van der Waals surface area contributed by atoms with E-state index in [-0.39, 0.29) is 0 Å². The van der Waals surface area contributed by atoms with E-state index in [4.69, 9.17) is 0 Å². The lowest BCUT2D eigenvalue weighted by Gasteiger charge is -2.39. The number of nitrogens with one attached hydrogen (secondary N) is 1. The molecule has 0 aromatic carbocycles. The highest BCUT2D eigenvalue weighted by Gasteiger charge is 2.32. The summed E-state index contributed by atoms with van der Waals surface area (Å²) in [6.07, 6.45) is 4.17. The minimum Gasteiger partial charge on any atom is -0.318 e. The molecule has 1 aliphatic carbocycles. The molecule has 2 aliphatic rings. The summed E-state index contributed by atoms with van der Waals surface area (Å²) < 4.78 is 0. The average Bonchev–Trinajstić information content (AvgIpc) is 3.10. The standard InChI is InChI=1S/C12H25N3/c1-3-11(10-13-2)14-6-8-15(9-7-14)12-4-5-12/h11-13H,3-10H2,1-2H3. The van der Waals surface area contributed by atoms with Crippen LogP contribution < -0.4 is 5.32 Å². The van der Waals surface area contributed by atoms with Crippen LogP contribution in [0.1, 0.15) is 26.2 Å². The lowest BCUT2D eigenvalue weighted by atomic mass is 10.1. The van der Waals surface area contributed by atoms with Gasteiger partial charge in [0.15, 0.2) is 0 Å². The fraction of sp³-hybridized carbons (Fsp3) is 1.00. The third kappa shape index (κ3) is 2.92. The van der Waals surface area contributed by atoms with Crippen LogP contribution in [0, 0.1) is 0 Å². The van der Waals surface area contributed by atoms with Crippen LogP contribution in [0.25, 0.3) is 0 Å². The summed E-state index contributed by atoms with van der Waals surface area (Å²) in [6, 6.07) is 1.70. The third-order valence-electron chi connectivity index (χ3n) is 3.84. The molecule has 1 saturated carbocycles. The molecule has 3 heteroatoms. The molecule has 15 heavy (non-hydrogen) atoms. The summed E-state index contributed by atoms with van der Waals surface area (Å²) in [5.74, 6) is 0. The van der Waals surface area contributed by atoms with Gasteiger partial charge in [-0.2, -0.15) is 0 Å². The lowest BCUT2D eigenvalue weighted by Crippen LogP contribution is -2.52. The van der Waals surface area contributed by atoms with E-state index >= 15 is 0 Å². The van der Waals surface area contributed by atoms with Crippen molar-refractivity contribution in [1.29, 1.82) is 0 Å². The van der Waals surface area contributed by atoms with Crippen LogP contribution in [0.2, 0.25) is 0 Å². The van der Waals surface area contributed by atoms with Crippen molar-refractivity contribution in [2.24, 2.45) is 0 Å². The molecule has 2 fully saturated rings. The first-order valence-corrected chi connectivity index (χ1v) is 6.47. The molecule has 0 aromatic heterocycles. The summed E-state index contributed by atoms with van der Waals surface area (Å²) in [5.41, 5.74) is 0. The Morgan fingerprint density at radius 2 is 1.87 bits per heavy atom. The van der Waals surface area contributed by atoms with Crippen LogP contribution in [0.3, 0.4) is 0 Å². The van der Waals surface area contributed by atoms with Crippen molar-refractivity contribution in [2.75, 3.05) is 39.8 Å². The van der Waals surface area contributed by atoms with Crippen LogP contribution in [0.15, 0.2) is 0 Å². The maximum atomic E-state index is 3.31. The highest BCUT2D eigenvalue weighted by Crippen LogP contribution is 2.27. The third-order valence-corrected chi connectivity index (χ3v) is 3.84. The quantitative estimate of drug-likeness (QED) is 0.724. The monoisotopic (exact) mass is 211 g/mol. The minimum absolute atomic E-state index is 0.747. The van der Waals surface area contributed by atoms with Gasteiger partial charge in [-0.3, -0.25) is 9.80 Å². The molecule has 3 nitrogen and oxygen atoms in total. The van der Waals surface area contributed by atoms with E-state index in [1.807, 2.05) is 0 Å². The van der Waals surface area contributed by atoms with E-state index in [1.165, 1.54) is 45.4 Å². The van der Waals surface area contributed by atoms with Crippen LogP contribution in [-0.4, -0.2) is 61.7 Å². The van der Waals surface area contributed by atoms with E-state index in [9.17, 15) is 0 Å². The highest BCUT2D eigenvalue weighted by molar-refractivity contribution is 4.88. The van der Waals surface area contributed by atoms with E-state index in [2.05, 4.69) is 29.1 Å². The summed E-state index contributed by atoms with van der Waals surface area (Å²) in [5, 5.41) is 3.31. The van der Waals surface area contributed by atoms with Crippen LogP contribution in [0.4, 0.5) is 0 Å². The van der Waals surface area contributed by atoms with Gasteiger partial charge in [-0.15, -0.1) is 0 Å². The first kappa shape index (κ1) is 11.4. The van der Waals surface area contributed by atoms with Gasteiger partial charge < -0.3 is 5.32 Å². The van der Waals surface area contributed by atoms with Gasteiger partial charge in [-0.1, -0.05) is 6.92 Å². The highest BCUT2D eigenvalue weighted by atomic mass is 15.3. The van der Waals surface area contributed by atoms with Crippen LogP contribution >= 0.6 is 0 Å². The second-order valence-corrected chi connectivity index (χ2v) is 4.92. The van der Waals surface area contributed by atoms with Crippen LogP contribution in [0.5, 0.6) is 0 Å². The van der Waals surface area contributed by atoms with E-state index in [1.54, 1.807) is 0 Å². The summed E-state index contributed by atoms with van der Waals surface area (Å²) in [6.45, 7) is 8.58. The zero-order valence-electron chi connectivity index (χ0n) is 10.2. The molecule has 1 atom stereocenters. The zero-order valence-corrected chi connectivity index (χ0v) is 10.2. The second kappa shape index (κ2) is 5.28. The molecule has 1 aliphatic heterocycles. The molecular formula is C12H25N3. The van der Waals surface area contributed by atoms with Gasteiger partial charge in [0.1, 0.15) is 0 Å². The molecule has 0 amide bonds. The number of rotatable bonds is 5. The summed E-state index contributed by atoms with van der Waals surface area (Å²) in [4.78, 5) is 5.35. The molecule has 2 rings (SSSR count). The molecule has 88 valence electrons. The van der Waals surface area contributed by atoms with Crippen LogP contribution in [-0.2, 0) is 0 Å². The van der Waals surface area contributed by atoms with Gasteiger partial charge in [0.05, 0.1) is 0 Å². The van der Waals surface area contributed by atoms with E-state index in [0.717, 1.165) is 18.6 Å². The number of hydrogen-bond donors (Lipinski definition) is 1. The van der Waals surface area contributed by atoms with Gasteiger partial charge in [0, 0.05) is 44.8 Å². The van der Waals surface area contributed by atoms with Gasteiger partial charge in [-0.05, 0) is 26.3 Å². The molecule has 0 spiro atoms. The predicted molar refractivity (Wildman–Crippen MR) is 64.2 cm³/mol. The zero-order chi connectivity index (χ0) is 10.7. The first-order chi connectivity index (χ1) is 7.35. The Bertz CT molecular complexity index is 183. The Morgan fingerprint density at radius 1 is 1.20 bits per heavy atom. The van der Waals surface area contributed by atoms with Crippen molar-refractivity contribution in [3.8, 4) is 0 Å². The van der Waals surface area contributed by atoms with Gasteiger partial charge >= 0.3 is 0 Å². The van der Waals surface area contributed by atoms with Gasteiger partial charge in [0.25, 0.3) is 0 Å². The molecule has 0 bridgehead atoms. The Kier molecular flexibility index (Phi) is 4.00. The number of piperazine rings is 1. The second-order valence-electron chi connectivity index (χ2n) is 4.92. The molecule has 1 N–H and O–H groups in total. The van der Waals surface area contributed by atoms with Gasteiger partial charge in [-0.25, -0.2) is 0 Å². The van der Waals surface area contributed by atoms with Crippen molar-refractivity contribution in [2.45, 2.75) is 38.3 Å². The predicted octanol–water partition coefficient (Wildman–Crippen LogP) is 0.764. The van der Waals surface area contributed by atoms with Gasteiger partial charge in [0.2, 0.25) is 0 Å². The smallest absolute Gasteiger partial charge is 0.0218 e. The normalized spacial score (nSPS) is 26.8. The van der Waals surface area contributed by atoms with E-state index < -0.39 is 0 Å². The Morgan fingerprint density at radius 3 is 2.33 bits per heavy atom. The number of likely N-dealkylation sites (N-methyl/N-ethyl adjacent to an activating group) is 1. The summed E-state index contributed by atoms with van der Waals surface area (Å²) >= 11 is 0. The Balaban J connectivity index is 1.75. The maximum absolute atomic E-state index is 3.31. The summed E-state index contributed by atoms with van der Waals surface area (Å²) in [7, 11) is 2.06. The van der Waals surface area contributed by atoms with Crippen molar-refractivity contribution in [3.63, 3.8) is 0 Å². The first-order valence-electron chi connectivity index (χ1n) is 6.47. The molecule has 0 aromatic rings. The topological polar surface area (TPSA) is 18.5 Å². The van der Waals surface area contributed by atoms with E-state index in [0.29, 0.717) is 0 Å². The van der Waals surface area contributed by atoms with Crippen molar-refractivity contribution in [1.82, 2.24) is 15.1 Å². The fourth-order valence-corrected chi connectivity index (χ4v) is 2.67. The fourth-order valence-electron chi connectivity index (χ4n) is 2.67. The Labute approximate surface area is 93.8 Å². The number of hydrogen-bond acceptors (Lipinski definition) is 3. The van der Waals surface area contributed by atoms with Crippen molar-refractivity contribution >= 4 is 0 Å². The molecule has 0 radical (unpaired) electrons. The molecule has 1 saturated heterocycles. The maximum Gasteiger partial charge on any atom is 0.0218 e. The Hall–Kier alpha value is -0.120. The largest absolute Gasteiger partial charge is 0.318 e. The van der Waals surface area contributed by atoms with Crippen molar-refractivity contribution < 1.29 is 0 Å². The number of nitrogens with zero attached hydrogens (tertiary/aromatic N) is 2. The molecule has 1 heterocycles. The minimum atomic E-state index is 0.747. The lowest BCUT2D eigenvalue weighted by molar-refractivity contribution is 0.0897. The molecular weight excluding hydrogens is 186 g/mol. The van der Waals surface area contributed by atoms with Crippen molar-refractivity contribution in [3.05, 3.63) is 0 Å². The SMILES string of the molecule is CCC(CNC)N1CCN(C2CC2)CC1. The average molecular weight is 211 g/mol. The molecule has 1 unspecified atom stereocenters.